The summed E-state index contributed by atoms with van der Waals surface area (Å²) in [6.45, 7) is 1.95. The normalized spacial score (nSPS) is 10.5. The lowest BCUT2D eigenvalue weighted by atomic mass is 10.1. The van der Waals surface area contributed by atoms with Crippen molar-refractivity contribution in [1.82, 2.24) is 9.78 Å². The van der Waals surface area contributed by atoms with Crippen LogP contribution in [0.1, 0.15) is 5.69 Å². The molecule has 1 heterocycles. The Balaban J connectivity index is 1.95. The van der Waals surface area contributed by atoms with E-state index in [1.165, 1.54) is 0 Å². The van der Waals surface area contributed by atoms with Gasteiger partial charge in [-0.25, -0.2) is 4.68 Å². The van der Waals surface area contributed by atoms with E-state index in [2.05, 4.69) is 10.4 Å². The summed E-state index contributed by atoms with van der Waals surface area (Å²) in [6.07, 6.45) is 0. The van der Waals surface area contributed by atoms with E-state index in [4.69, 9.17) is 23.8 Å². The Hall–Kier alpha value is -2.17. The van der Waals surface area contributed by atoms with Crippen LogP contribution in [0, 0.1) is 6.92 Å². The summed E-state index contributed by atoms with van der Waals surface area (Å²) in [7, 11) is 0. The van der Waals surface area contributed by atoms with Crippen molar-refractivity contribution in [2.75, 3.05) is 5.32 Å². The van der Waals surface area contributed by atoms with E-state index in [0.29, 0.717) is 10.1 Å². The van der Waals surface area contributed by atoms with E-state index in [1.807, 2.05) is 67.6 Å². The summed E-state index contributed by atoms with van der Waals surface area (Å²) in [4.78, 5) is 0. The van der Waals surface area contributed by atoms with Gasteiger partial charge >= 0.3 is 0 Å². The van der Waals surface area contributed by atoms with E-state index in [9.17, 15) is 0 Å². The van der Waals surface area contributed by atoms with Gasteiger partial charge in [0.05, 0.1) is 22.1 Å². The van der Waals surface area contributed by atoms with Crippen LogP contribution in [0.5, 0.6) is 0 Å². The molecular formula is C17H14ClN3S. The molecule has 0 unspecified atom stereocenters. The van der Waals surface area contributed by atoms with Crippen LogP contribution in [0.25, 0.3) is 11.3 Å². The molecule has 0 atom stereocenters. The Labute approximate surface area is 139 Å². The van der Waals surface area contributed by atoms with E-state index >= 15 is 0 Å². The largest absolute Gasteiger partial charge is 0.330 e. The number of halogens is 1. The van der Waals surface area contributed by atoms with Gasteiger partial charge in [0.1, 0.15) is 0 Å². The zero-order chi connectivity index (χ0) is 15.5. The molecule has 0 radical (unpaired) electrons. The lowest BCUT2D eigenvalue weighted by molar-refractivity contribution is 0.929. The topological polar surface area (TPSA) is 29.9 Å². The number of benzene rings is 2. The molecule has 1 N–H and O–H groups in total. The third-order valence-corrected chi connectivity index (χ3v) is 3.81. The minimum absolute atomic E-state index is 0.486. The maximum Gasteiger partial charge on any atom is 0.199 e. The number of hydrogen-bond donors (Lipinski definition) is 1. The van der Waals surface area contributed by atoms with Crippen LogP contribution in [0.4, 0.5) is 5.69 Å². The predicted molar refractivity (Wildman–Crippen MR) is 95.5 cm³/mol. The van der Waals surface area contributed by atoms with E-state index in [-0.39, 0.29) is 0 Å². The Morgan fingerprint density at radius 3 is 2.50 bits per heavy atom. The van der Waals surface area contributed by atoms with Gasteiger partial charge in [-0.2, -0.15) is 5.10 Å². The monoisotopic (exact) mass is 327 g/mol. The van der Waals surface area contributed by atoms with Gasteiger partial charge in [0, 0.05) is 5.56 Å². The SMILES string of the molecule is Cc1cc(-c2ccccc2)n(C(=S)Nc2ccccc2Cl)n1. The first-order valence-corrected chi connectivity index (χ1v) is 7.62. The van der Waals surface area contributed by atoms with Gasteiger partial charge in [-0.05, 0) is 37.3 Å². The summed E-state index contributed by atoms with van der Waals surface area (Å²) in [5, 5.41) is 8.74. The quantitative estimate of drug-likeness (QED) is 0.688. The number of nitrogens with zero attached hydrogens (tertiary/aromatic N) is 2. The molecule has 5 heteroatoms. The van der Waals surface area contributed by atoms with Crippen molar-refractivity contribution in [3.8, 4) is 11.3 Å². The summed E-state index contributed by atoms with van der Waals surface area (Å²) in [6, 6.07) is 19.5. The Kier molecular flexibility index (Phi) is 4.22. The van der Waals surface area contributed by atoms with Gasteiger partial charge in [0.25, 0.3) is 0 Å². The molecule has 3 nitrogen and oxygen atoms in total. The van der Waals surface area contributed by atoms with Crippen molar-refractivity contribution in [3.05, 3.63) is 71.4 Å². The first-order chi connectivity index (χ1) is 10.6. The van der Waals surface area contributed by atoms with Crippen LogP contribution in [-0.2, 0) is 0 Å². The fraction of sp³-hybridized carbons (Fsp3) is 0.0588. The van der Waals surface area contributed by atoms with Crippen molar-refractivity contribution < 1.29 is 0 Å². The lowest BCUT2D eigenvalue weighted by Crippen LogP contribution is -2.21. The molecule has 3 rings (SSSR count). The smallest absolute Gasteiger partial charge is 0.199 e. The highest BCUT2D eigenvalue weighted by atomic mass is 35.5. The Morgan fingerprint density at radius 1 is 1.09 bits per heavy atom. The maximum atomic E-state index is 6.17. The minimum atomic E-state index is 0.486. The maximum absolute atomic E-state index is 6.17. The van der Waals surface area contributed by atoms with Crippen molar-refractivity contribution >= 4 is 34.6 Å². The van der Waals surface area contributed by atoms with Gasteiger partial charge in [-0.1, -0.05) is 54.1 Å². The first kappa shape index (κ1) is 14.8. The number of aryl methyl sites for hydroxylation is 1. The van der Waals surface area contributed by atoms with E-state index in [1.54, 1.807) is 4.68 Å². The van der Waals surface area contributed by atoms with E-state index in [0.717, 1.165) is 22.6 Å². The Bertz CT molecular complexity index is 812. The Morgan fingerprint density at radius 2 is 1.77 bits per heavy atom. The van der Waals surface area contributed by atoms with E-state index < -0.39 is 0 Å². The second-order valence-corrected chi connectivity index (χ2v) is 5.65. The van der Waals surface area contributed by atoms with Crippen molar-refractivity contribution in [3.63, 3.8) is 0 Å². The molecule has 0 aliphatic heterocycles. The van der Waals surface area contributed by atoms with Gasteiger partial charge in [-0.15, -0.1) is 0 Å². The summed E-state index contributed by atoms with van der Waals surface area (Å²) in [5.41, 5.74) is 3.68. The van der Waals surface area contributed by atoms with Gasteiger partial charge < -0.3 is 5.32 Å². The fourth-order valence-corrected chi connectivity index (χ4v) is 2.63. The molecule has 0 spiro atoms. The number of para-hydroxylation sites is 1. The molecule has 0 aliphatic carbocycles. The average Bonchev–Trinajstić information content (AvgIpc) is 2.92. The van der Waals surface area contributed by atoms with Crippen LogP contribution >= 0.6 is 23.8 Å². The van der Waals surface area contributed by atoms with Gasteiger partial charge in [0.15, 0.2) is 5.11 Å². The molecule has 3 aromatic rings. The third-order valence-electron chi connectivity index (χ3n) is 3.21. The van der Waals surface area contributed by atoms with Crippen LogP contribution in [0.2, 0.25) is 5.02 Å². The van der Waals surface area contributed by atoms with Crippen molar-refractivity contribution in [1.29, 1.82) is 0 Å². The molecule has 0 saturated carbocycles. The third kappa shape index (κ3) is 3.03. The number of hydrogen-bond acceptors (Lipinski definition) is 2. The zero-order valence-electron chi connectivity index (χ0n) is 12.0. The second kappa shape index (κ2) is 6.30. The standard InChI is InChI=1S/C17H14ClN3S/c1-12-11-16(13-7-3-2-4-8-13)21(20-12)17(22)19-15-10-6-5-9-14(15)18/h2-11H,1H3,(H,19,22). The number of nitrogens with one attached hydrogen (secondary N) is 1. The lowest BCUT2D eigenvalue weighted by Gasteiger charge is -2.12. The average molecular weight is 328 g/mol. The molecule has 0 amide bonds. The highest BCUT2D eigenvalue weighted by molar-refractivity contribution is 7.80. The summed E-state index contributed by atoms with van der Waals surface area (Å²) >= 11 is 11.7. The molecule has 0 aliphatic rings. The van der Waals surface area contributed by atoms with Gasteiger partial charge in [-0.3, -0.25) is 0 Å². The molecular weight excluding hydrogens is 314 g/mol. The van der Waals surface area contributed by atoms with Crippen molar-refractivity contribution in [2.45, 2.75) is 6.92 Å². The number of rotatable bonds is 2. The molecule has 0 saturated heterocycles. The summed E-state index contributed by atoms with van der Waals surface area (Å²) < 4.78 is 1.73. The second-order valence-electron chi connectivity index (χ2n) is 4.86. The number of aromatic nitrogens is 2. The molecule has 110 valence electrons. The minimum Gasteiger partial charge on any atom is -0.330 e. The van der Waals surface area contributed by atoms with Crippen LogP contribution in [0.3, 0.4) is 0 Å². The van der Waals surface area contributed by atoms with Crippen LogP contribution in [-0.4, -0.2) is 14.9 Å². The molecule has 1 aromatic heterocycles. The number of thiocarbonyl (C=S) groups is 1. The number of anilines is 1. The van der Waals surface area contributed by atoms with Crippen molar-refractivity contribution in [2.24, 2.45) is 0 Å². The highest BCUT2D eigenvalue weighted by Crippen LogP contribution is 2.23. The van der Waals surface area contributed by atoms with Crippen LogP contribution in [0.15, 0.2) is 60.7 Å². The first-order valence-electron chi connectivity index (χ1n) is 6.83. The molecule has 0 bridgehead atoms. The fourth-order valence-electron chi connectivity index (χ4n) is 2.20. The predicted octanol–water partition coefficient (Wildman–Crippen LogP) is 4.76. The van der Waals surface area contributed by atoms with Gasteiger partial charge in [0.2, 0.25) is 0 Å². The highest BCUT2D eigenvalue weighted by Gasteiger charge is 2.12. The molecule has 0 fully saturated rings. The van der Waals surface area contributed by atoms with Crippen LogP contribution < -0.4 is 5.32 Å². The molecule has 22 heavy (non-hydrogen) atoms. The molecule has 2 aromatic carbocycles. The zero-order valence-corrected chi connectivity index (χ0v) is 13.5. The summed E-state index contributed by atoms with van der Waals surface area (Å²) in [5.74, 6) is 0.